The molecule has 7 nitrogen and oxygen atoms in total. The number of imide groups is 1. The van der Waals surface area contributed by atoms with Gasteiger partial charge in [0.2, 0.25) is 5.91 Å². The summed E-state index contributed by atoms with van der Waals surface area (Å²) in [5, 5.41) is 13.7. The minimum absolute atomic E-state index is 0.349. The van der Waals surface area contributed by atoms with Gasteiger partial charge in [0.1, 0.15) is 0 Å². The van der Waals surface area contributed by atoms with Crippen molar-refractivity contribution in [2.24, 2.45) is 13.0 Å². The Balaban J connectivity index is 1.70. The van der Waals surface area contributed by atoms with Crippen molar-refractivity contribution in [2.45, 2.75) is 56.9 Å². The molecule has 0 fully saturated rings. The molecule has 0 bridgehead atoms. The molecule has 0 aromatic carbocycles. The minimum atomic E-state index is -0.479. The summed E-state index contributed by atoms with van der Waals surface area (Å²) in [4.78, 5) is 26.3. The molecule has 0 aliphatic heterocycles. The number of fused-ring (bicyclic) bond motifs is 1. The lowest BCUT2D eigenvalue weighted by atomic mass is 9.87. The summed E-state index contributed by atoms with van der Waals surface area (Å²) >= 11 is 3.10. The number of carbonyl (C=O) groups excluding carboxylic acids is 2. The molecule has 3 amide bonds. The molecule has 0 radical (unpaired) electrons. The molecule has 0 saturated heterocycles. The second-order valence-corrected chi connectivity index (χ2v) is 9.49. The van der Waals surface area contributed by atoms with E-state index in [1.165, 1.54) is 35.0 Å². The quantitative estimate of drug-likeness (QED) is 0.698. The summed E-state index contributed by atoms with van der Waals surface area (Å²) < 4.78 is 1.93. The van der Waals surface area contributed by atoms with Gasteiger partial charge in [0.25, 0.3) is 0 Å². The summed E-state index contributed by atoms with van der Waals surface area (Å²) in [5.41, 5.74) is 1.45. The monoisotopic (exact) mass is 421 g/mol. The van der Waals surface area contributed by atoms with Gasteiger partial charge in [-0.15, -0.1) is 21.5 Å². The van der Waals surface area contributed by atoms with Crippen LogP contribution in [0.5, 0.6) is 0 Å². The zero-order valence-electron chi connectivity index (χ0n) is 16.7. The van der Waals surface area contributed by atoms with Crippen LogP contribution in [-0.2, 0) is 24.7 Å². The molecule has 2 N–H and O–H groups in total. The number of nitrogens with zero attached hydrogens (tertiary/aromatic N) is 3. The summed E-state index contributed by atoms with van der Waals surface area (Å²) in [6.45, 7) is 6.28. The number of urea groups is 1. The first-order chi connectivity index (χ1) is 13.4. The zero-order valence-corrected chi connectivity index (χ0v) is 18.4. The molecule has 28 heavy (non-hydrogen) atoms. The molecule has 1 aliphatic rings. The Morgan fingerprint density at radius 1 is 1.39 bits per heavy atom. The molecule has 152 valence electrons. The standard InChI is InChI=1S/C19H27N5O2S2/c1-5-12-7-8-14-13(9-12)10-15(28-14)16-22-23-19(24(16)4)27-11(3)17(25)21-18(26)20-6-2/h10-12H,5-9H2,1-4H3,(H2,20,21,25,26)/t11-,12-/m1/s1. The number of aryl methyl sites for hydroxylation is 1. The van der Waals surface area contributed by atoms with Gasteiger partial charge in [0.05, 0.1) is 10.1 Å². The maximum absolute atomic E-state index is 12.2. The highest BCUT2D eigenvalue weighted by Crippen LogP contribution is 2.38. The SMILES string of the molecule is CCNC(=O)NC(=O)[C@@H](C)Sc1nnc(-c2cc3c(s2)CC[C@@H](CC)C3)n1C. The topological polar surface area (TPSA) is 88.9 Å². The van der Waals surface area contributed by atoms with Crippen LogP contribution in [0.15, 0.2) is 11.2 Å². The van der Waals surface area contributed by atoms with Crippen molar-refractivity contribution in [3.05, 3.63) is 16.5 Å². The van der Waals surface area contributed by atoms with E-state index in [1.807, 2.05) is 11.6 Å². The van der Waals surface area contributed by atoms with Crippen molar-refractivity contribution in [1.82, 2.24) is 25.4 Å². The van der Waals surface area contributed by atoms with E-state index in [0.717, 1.165) is 29.5 Å². The third-order valence-corrected chi connectivity index (χ3v) is 7.41. The van der Waals surface area contributed by atoms with Crippen molar-refractivity contribution < 1.29 is 9.59 Å². The molecular weight excluding hydrogens is 394 g/mol. The van der Waals surface area contributed by atoms with Crippen LogP contribution in [0.4, 0.5) is 4.79 Å². The molecule has 2 aromatic heterocycles. The van der Waals surface area contributed by atoms with Gasteiger partial charge in [-0.25, -0.2) is 4.79 Å². The highest BCUT2D eigenvalue weighted by molar-refractivity contribution is 8.00. The molecule has 9 heteroatoms. The Bertz CT molecular complexity index is 861. The van der Waals surface area contributed by atoms with Crippen molar-refractivity contribution in [2.75, 3.05) is 6.54 Å². The summed E-state index contributed by atoms with van der Waals surface area (Å²) in [5.74, 6) is 1.26. The Hall–Kier alpha value is -1.87. The number of hydrogen-bond donors (Lipinski definition) is 2. The number of amides is 3. The third kappa shape index (κ3) is 4.57. The van der Waals surface area contributed by atoms with Crippen LogP contribution < -0.4 is 10.6 Å². The lowest BCUT2D eigenvalue weighted by Gasteiger charge is -2.19. The Labute approximate surface area is 173 Å². The van der Waals surface area contributed by atoms with E-state index in [-0.39, 0.29) is 5.91 Å². The van der Waals surface area contributed by atoms with Crippen molar-refractivity contribution in [3.63, 3.8) is 0 Å². The fourth-order valence-electron chi connectivity index (χ4n) is 3.32. The Kier molecular flexibility index (Phi) is 6.77. The predicted molar refractivity (Wildman–Crippen MR) is 113 cm³/mol. The van der Waals surface area contributed by atoms with E-state index >= 15 is 0 Å². The number of aromatic nitrogens is 3. The van der Waals surface area contributed by atoms with Gasteiger partial charge in [-0.2, -0.15) is 0 Å². The Morgan fingerprint density at radius 2 is 2.18 bits per heavy atom. The molecule has 2 atom stereocenters. The zero-order chi connectivity index (χ0) is 20.3. The van der Waals surface area contributed by atoms with Crippen molar-refractivity contribution >= 4 is 35.0 Å². The van der Waals surface area contributed by atoms with Crippen LogP contribution in [0.3, 0.4) is 0 Å². The maximum atomic E-state index is 12.2. The lowest BCUT2D eigenvalue weighted by Crippen LogP contribution is -2.42. The van der Waals surface area contributed by atoms with E-state index in [2.05, 4.69) is 33.8 Å². The highest BCUT2D eigenvalue weighted by Gasteiger charge is 2.24. The second-order valence-electron chi connectivity index (χ2n) is 7.05. The normalized spacial score (nSPS) is 17.1. The molecule has 2 heterocycles. The van der Waals surface area contributed by atoms with Crippen LogP contribution >= 0.6 is 23.1 Å². The fraction of sp³-hybridized carbons (Fsp3) is 0.579. The van der Waals surface area contributed by atoms with Gasteiger partial charge in [-0.1, -0.05) is 25.1 Å². The average Bonchev–Trinajstić information content (AvgIpc) is 3.24. The summed E-state index contributed by atoms with van der Waals surface area (Å²) in [6, 6.07) is 1.78. The third-order valence-electron chi connectivity index (χ3n) is 5.04. The van der Waals surface area contributed by atoms with E-state index in [4.69, 9.17) is 0 Å². The molecule has 2 aromatic rings. The smallest absolute Gasteiger partial charge is 0.321 e. The van der Waals surface area contributed by atoms with Gasteiger partial charge in [0, 0.05) is 18.5 Å². The van der Waals surface area contributed by atoms with Crippen LogP contribution in [0.25, 0.3) is 10.7 Å². The second kappa shape index (κ2) is 9.09. The number of nitrogens with one attached hydrogen (secondary N) is 2. The molecule has 0 unspecified atom stereocenters. The van der Waals surface area contributed by atoms with Crippen LogP contribution in [-0.4, -0.2) is 38.5 Å². The fourth-order valence-corrected chi connectivity index (χ4v) is 5.36. The van der Waals surface area contributed by atoms with Crippen LogP contribution in [0, 0.1) is 5.92 Å². The lowest BCUT2D eigenvalue weighted by molar-refractivity contribution is -0.119. The molecule has 1 aliphatic carbocycles. The first-order valence-corrected chi connectivity index (χ1v) is 11.4. The van der Waals surface area contributed by atoms with E-state index in [1.54, 1.807) is 25.2 Å². The predicted octanol–water partition coefficient (Wildman–Crippen LogP) is 3.38. The van der Waals surface area contributed by atoms with E-state index in [0.29, 0.717) is 11.7 Å². The number of thiophene rings is 1. The first kappa shape index (κ1) is 20.9. The molecular formula is C19H27N5O2S2. The minimum Gasteiger partial charge on any atom is -0.338 e. The Morgan fingerprint density at radius 3 is 2.89 bits per heavy atom. The maximum Gasteiger partial charge on any atom is 0.321 e. The molecule has 0 spiro atoms. The molecule has 0 saturated carbocycles. The van der Waals surface area contributed by atoms with Crippen LogP contribution in [0.1, 0.15) is 44.1 Å². The van der Waals surface area contributed by atoms with Gasteiger partial charge in [-0.05, 0) is 50.7 Å². The number of carbonyl (C=O) groups is 2. The first-order valence-electron chi connectivity index (χ1n) is 9.69. The number of thioether (sulfide) groups is 1. The van der Waals surface area contributed by atoms with E-state index in [9.17, 15) is 9.59 Å². The highest BCUT2D eigenvalue weighted by atomic mass is 32.2. The average molecular weight is 422 g/mol. The van der Waals surface area contributed by atoms with Crippen LogP contribution in [0.2, 0.25) is 0 Å². The van der Waals surface area contributed by atoms with Crippen molar-refractivity contribution in [3.8, 4) is 10.7 Å². The van der Waals surface area contributed by atoms with Crippen molar-refractivity contribution in [1.29, 1.82) is 0 Å². The summed E-state index contributed by atoms with van der Waals surface area (Å²) in [7, 11) is 1.92. The van der Waals surface area contributed by atoms with E-state index < -0.39 is 11.3 Å². The number of rotatable bonds is 6. The summed E-state index contributed by atoms with van der Waals surface area (Å²) in [6.07, 6.45) is 4.79. The van der Waals surface area contributed by atoms with Gasteiger partial charge in [-0.3, -0.25) is 10.1 Å². The van der Waals surface area contributed by atoms with Gasteiger partial charge >= 0.3 is 6.03 Å². The van der Waals surface area contributed by atoms with Gasteiger partial charge in [0.15, 0.2) is 11.0 Å². The van der Waals surface area contributed by atoms with Gasteiger partial charge < -0.3 is 9.88 Å². The largest absolute Gasteiger partial charge is 0.338 e. The number of hydrogen-bond acceptors (Lipinski definition) is 6. The molecule has 3 rings (SSSR count).